The van der Waals surface area contributed by atoms with Gasteiger partial charge in [0.05, 0.1) is 24.7 Å². The first-order chi connectivity index (χ1) is 15.2. The minimum atomic E-state index is -0.389. The number of nitro groups is 1. The summed E-state index contributed by atoms with van der Waals surface area (Å²) in [5.74, 6) is 0.760. The summed E-state index contributed by atoms with van der Waals surface area (Å²) in [6.45, 7) is 6.73. The highest BCUT2D eigenvalue weighted by Crippen LogP contribution is 2.12. The third kappa shape index (κ3) is 8.35. The Balaban J connectivity index is 1.50. The number of nitrogens with zero attached hydrogens (tertiary/aromatic N) is 3. The van der Waals surface area contributed by atoms with Crippen molar-refractivity contribution in [1.82, 2.24) is 15.5 Å². The van der Waals surface area contributed by atoms with E-state index in [4.69, 9.17) is 4.74 Å². The molecule has 2 aromatic rings. The zero-order valence-electron chi connectivity index (χ0n) is 17.8. The summed E-state index contributed by atoms with van der Waals surface area (Å²) in [5, 5.41) is 17.6. The number of nitrogens with one attached hydrogen (secondary N) is 2. The summed E-state index contributed by atoms with van der Waals surface area (Å²) >= 11 is 0. The lowest BCUT2D eigenvalue weighted by molar-refractivity contribution is -0.384. The molecule has 2 N–H and O–H groups in total. The number of aliphatic imine (C=N–C) groups is 1. The van der Waals surface area contributed by atoms with Gasteiger partial charge in [-0.3, -0.25) is 15.0 Å². The Labute approximate surface area is 183 Å². The van der Waals surface area contributed by atoms with E-state index in [0.717, 1.165) is 70.3 Å². The Morgan fingerprint density at radius 1 is 1.00 bits per heavy atom. The van der Waals surface area contributed by atoms with Gasteiger partial charge in [0.15, 0.2) is 5.96 Å². The summed E-state index contributed by atoms with van der Waals surface area (Å²) in [6.07, 6.45) is 1.93. The molecule has 0 bridgehead atoms. The average molecular weight is 426 g/mol. The number of non-ortho nitro benzene ring substituents is 1. The quantitative estimate of drug-likeness (QED) is 0.200. The summed E-state index contributed by atoms with van der Waals surface area (Å²) in [6, 6.07) is 16.9. The van der Waals surface area contributed by atoms with Crippen molar-refractivity contribution in [3.8, 4) is 0 Å². The van der Waals surface area contributed by atoms with Gasteiger partial charge in [0.25, 0.3) is 5.69 Å². The Bertz CT molecular complexity index is 821. The van der Waals surface area contributed by atoms with Crippen LogP contribution in [0.3, 0.4) is 0 Å². The molecule has 1 saturated heterocycles. The van der Waals surface area contributed by atoms with Gasteiger partial charge in [0.2, 0.25) is 0 Å². The molecule has 0 aromatic heterocycles. The molecule has 2 aromatic carbocycles. The van der Waals surface area contributed by atoms with Crippen LogP contribution in [-0.2, 0) is 17.7 Å². The fraction of sp³-hybridized carbons (Fsp3) is 0.435. The van der Waals surface area contributed by atoms with Gasteiger partial charge in [-0.1, -0.05) is 42.5 Å². The second kappa shape index (κ2) is 12.7. The van der Waals surface area contributed by atoms with Crippen molar-refractivity contribution < 1.29 is 9.66 Å². The van der Waals surface area contributed by atoms with Crippen molar-refractivity contribution in [2.24, 2.45) is 4.99 Å². The Morgan fingerprint density at radius 2 is 1.71 bits per heavy atom. The molecule has 0 atom stereocenters. The molecule has 0 aliphatic carbocycles. The highest BCUT2D eigenvalue weighted by Gasteiger charge is 2.09. The van der Waals surface area contributed by atoms with E-state index in [9.17, 15) is 10.1 Å². The predicted octanol–water partition coefficient (Wildman–Crippen LogP) is 2.60. The third-order valence-corrected chi connectivity index (χ3v) is 5.16. The molecule has 3 rings (SSSR count). The van der Waals surface area contributed by atoms with Crippen LogP contribution in [0.5, 0.6) is 0 Å². The van der Waals surface area contributed by atoms with Gasteiger partial charge in [0, 0.05) is 38.3 Å². The summed E-state index contributed by atoms with van der Waals surface area (Å²) in [4.78, 5) is 17.5. The molecule has 8 nitrogen and oxygen atoms in total. The van der Waals surface area contributed by atoms with Gasteiger partial charge in [-0.25, -0.2) is 4.99 Å². The van der Waals surface area contributed by atoms with Crippen LogP contribution in [0.15, 0.2) is 59.6 Å². The molecule has 31 heavy (non-hydrogen) atoms. The summed E-state index contributed by atoms with van der Waals surface area (Å²) in [7, 11) is 0. The van der Waals surface area contributed by atoms with E-state index in [1.807, 2.05) is 18.2 Å². The van der Waals surface area contributed by atoms with E-state index < -0.39 is 0 Å². The van der Waals surface area contributed by atoms with Crippen molar-refractivity contribution >= 4 is 11.6 Å². The van der Waals surface area contributed by atoms with Crippen LogP contribution in [-0.4, -0.2) is 61.7 Å². The fourth-order valence-electron chi connectivity index (χ4n) is 3.37. The normalized spacial score (nSPS) is 14.9. The van der Waals surface area contributed by atoms with Gasteiger partial charge >= 0.3 is 0 Å². The highest BCUT2D eigenvalue weighted by molar-refractivity contribution is 5.79. The van der Waals surface area contributed by atoms with E-state index in [2.05, 4.69) is 32.7 Å². The van der Waals surface area contributed by atoms with E-state index in [-0.39, 0.29) is 10.6 Å². The molecule has 166 valence electrons. The number of rotatable bonds is 10. The maximum atomic E-state index is 10.8. The number of ether oxygens (including phenoxy) is 1. The molecule has 0 amide bonds. The summed E-state index contributed by atoms with van der Waals surface area (Å²) in [5.41, 5.74) is 2.30. The van der Waals surface area contributed by atoms with Crippen LogP contribution in [0, 0.1) is 10.1 Å². The zero-order chi connectivity index (χ0) is 21.7. The van der Waals surface area contributed by atoms with Crippen LogP contribution >= 0.6 is 0 Å². The first kappa shape index (κ1) is 22.7. The van der Waals surface area contributed by atoms with Gasteiger partial charge < -0.3 is 15.4 Å². The van der Waals surface area contributed by atoms with E-state index >= 15 is 0 Å². The lowest BCUT2D eigenvalue weighted by Crippen LogP contribution is -2.41. The predicted molar refractivity (Wildman–Crippen MR) is 122 cm³/mol. The number of hydrogen-bond acceptors (Lipinski definition) is 5. The molecule has 0 saturated carbocycles. The summed E-state index contributed by atoms with van der Waals surface area (Å²) < 4.78 is 5.40. The van der Waals surface area contributed by atoms with Crippen LogP contribution in [0.2, 0.25) is 0 Å². The molecule has 0 spiro atoms. The van der Waals surface area contributed by atoms with Crippen molar-refractivity contribution in [3.05, 3.63) is 75.8 Å². The number of nitro benzene ring substituents is 1. The Kier molecular flexibility index (Phi) is 9.28. The number of benzene rings is 2. The van der Waals surface area contributed by atoms with Gasteiger partial charge in [-0.15, -0.1) is 0 Å². The molecule has 0 unspecified atom stereocenters. The molecule has 0 radical (unpaired) electrons. The fourth-order valence-corrected chi connectivity index (χ4v) is 3.37. The van der Waals surface area contributed by atoms with Gasteiger partial charge in [0.1, 0.15) is 0 Å². The first-order valence-electron chi connectivity index (χ1n) is 10.8. The minimum absolute atomic E-state index is 0.0928. The topological polar surface area (TPSA) is 92.0 Å². The van der Waals surface area contributed by atoms with E-state index in [1.165, 1.54) is 17.7 Å². The van der Waals surface area contributed by atoms with E-state index in [0.29, 0.717) is 6.54 Å². The van der Waals surface area contributed by atoms with Gasteiger partial charge in [-0.05, 0) is 30.5 Å². The SMILES string of the molecule is O=[N+]([O-])c1ccc(CN=C(NCCCN2CCOCC2)NCCc2ccccc2)cc1. The second-order valence-corrected chi connectivity index (χ2v) is 7.49. The Hall–Kier alpha value is -2.97. The number of morpholine rings is 1. The molecular weight excluding hydrogens is 394 g/mol. The minimum Gasteiger partial charge on any atom is -0.379 e. The maximum Gasteiger partial charge on any atom is 0.269 e. The lowest BCUT2D eigenvalue weighted by atomic mass is 10.1. The van der Waals surface area contributed by atoms with Crippen LogP contribution in [0.4, 0.5) is 5.69 Å². The zero-order valence-corrected chi connectivity index (χ0v) is 17.8. The third-order valence-electron chi connectivity index (χ3n) is 5.16. The number of hydrogen-bond donors (Lipinski definition) is 2. The van der Waals surface area contributed by atoms with Crippen LogP contribution in [0.25, 0.3) is 0 Å². The highest BCUT2D eigenvalue weighted by atomic mass is 16.6. The van der Waals surface area contributed by atoms with Crippen LogP contribution in [0.1, 0.15) is 17.5 Å². The van der Waals surface area contributed by atoms with Gasteiger partial charge in [-0.2, -0.15) is 0 Å². The second-order valence-electron chi connectivity index (χ2n) is 7.49. The van der Waals surface area contributed by atoms with Crippen molar-refractivity contribution in [3.63, 3.8) is 0 Å². The van der Waals surface area contributed by atoms with Crippen molar-refractivity contribution in [1.29, 1.82) is 0 Å². The van der Waals surface area contributed by atoms with Crippen LogP contribution < -0.4 is 10.6 Å². The lowest BCUT2D eigenvalue weighted by Gasteiger charge is -2.26. The van der Waals surface area contributed by atoms with Crippen molar-refractivity contribution in [2.45, 2.75) is 19.4 Å². The average Bonchev–Trinajstić information content (AvgIpc) is 2.81. The number of guanidine groups is 1. The molecule has 8 heteroatoms. The smallest absolute Gasteiger partial charge is 0.269 e. The largest absolute Gasteiger partial charge is 0.379 e. The molecular formula is C23H31N5O3. The molecule has 1 heterocycles. The van der Waals surface area contributed by atoms with E-state index in [1.54, 1.807) is 12.1 Å². The standard InChI is InChI=1S/C23H31N5O3/c29-28(30)22-9-7-21(8-10-22)19-26-23(25-13-11-20-5-2-1-3-6-20)24-12-4-14-27-15-17-31-18-16-27/h1-3,5-10H,4,11-19H2,(H2,24,25,26). The monoisotopic (exact) mass is 425 g/mol. The van der Waals surface area contributed by atoms with Crippen molar-refractivity contribution in [2.75, 3.05) is 45.9 Å². The Morgan fingerprint density at radius 3 is 2.42 bits per heavy atom. The molecule has 1 fully saturated rings. The molecule has 1 aliphatic rings. The first-order valence-corrected chi connectivity index (χ1v) is 10.8. The maximum absolute atomic E-state index is 10.8. The molecule has 1 aliphatic heterocycles.